The molecule has 146 valence electrons. The van der Waals surface area contributed by atoms with E-state index in [0.717, 1.165) is 24.2 Å². The van der Waals surface area contributed by atoms with Gasteiger partial charge in [0.05, 0.1) is 28.4 Å². The Labute approximate surface area is 168 Å². The van der Waals surface area contributed by atoms with E-state index >= 15 is 0 Å². The molecule has 2 fully saturated rings. The maximum absolute atomic E-state index is 9.11. The fourth-order valence-corrected chi connectivity index (χ4v) is 4.86. The van der Waals surface area contributed by atoms with Gasteiger partial charge in [-0.1, -0.05) is 32.4 Å². The molecule has 0 bridgehead atoms. The first-order chi connectivity index (χ1) is 12.5. The van der Waals surface area contributed by atoms with E-state index in [1.165, 1.54) is 0 Å². The lowest BCUT2D eigenvalue weighted by molar-refractivity contribution is 0.141. The van der Waals surface area contributed by atoms with Crippen molar-refractivity contribution in [1.29, 1.82) is 5.26 Å². The Morgan fingerprint density at radius 1 is 1.37 bits per heavy atom. The number of hydrogen-bond acceptors (Lipinski definition) is 4. The zero-order valence-corrected chi connectivity index (χ0v) is 18.7. The molecule has 7 heteroatoms. The molecule has 0 N–H and O–H groups in total. The highest BCUT2D eigenvalue weighted by molar-refractivity contribution is 6.74. The summed E-state index contributed by atoms with van der Waals surface area (Å²) in [5.74, 6) is 0. The van der Waals surface area contributed by atoms with Crippen LogP contribution in [0.25, 0.3) is 0 Å². The second-order valence-corrected chi connectivity index (χ2v) is 14.0. The first-order valence-corrected chi connectivity index (χ1v) is 12.7. The Kier molecular flexibility index (Phi) is 5.32. The summed E-state index contributed by atoms with van der Waals surface area (Å²) < 4.78 is 12.6. The van der Waals surface area contributed by atoms with Gasteiger partial charge in [-0.05, 0) is 49.2 Å². The molecule has 5 nitrogen and oxygen atoms in total. The number of hydrogen-bond donors (Lipinski definition) is 0. The van der Waals surface area contributed by atoms with Crippen molar-refractivity contribution in [2.45, 2.75) is 64.4 Å². The molecule has 2 atom stereocenters. The lowest BCUT2D eigenvalue weighted by atomic mass is 10.1. The van der Waals surface area contributed by atoms with Crippen molar-refractivity contribution in [2.75, 3.05) is 13.2 Å². The molecule has 3 rings (SSSR count). The first-order valence-electron chi connectivity index (χ1n) is 9.40. The molecule has 1 aromatic carbocycles. The van der Waals surface area contributed by atoms with Gasteiger partial charge >= 0.3 is 0 Å². The van der Waals surface area contributed by atoms with Gasteiger partial charge in [0.2, 0.25) is 0 Å². The lowest BCUT2D eigenvalue weighted by Crippen LogP contribution is -2.47. The van der Waals surface area contributed by atoms with Gasteiger partial charge in [-0.3, -0.25) is 0 Å². The monoisotopic (exact) mass is 405 g/mol. The predicted octanol–water partition coefficient (Wildman–Crippen LogP) is 5.00. The van der Waals surface area contributed by atoms with Crippen LogP contribution in [0, 0.1) is 18.3 Å². The van der Waals surface area contributed by atoms with Gasteiger partial charge < -0.3 is 14.1 Å². The Morgan fingerprint density at radius 3 is 2.70 bits per heavy atom. The zero-order chi connectivity index (χ0) is 20.0. The lowest BCUT2D eigenvalue weighted by Gasteiger charge is -2.39. The molecule has 27 heavy (non-hydrogen) atoms. The van der Waals surface area contributed by atoms with Crippen molar-refractivity contribution in [3.05, 3.63) is 28.3 Å². The molecule has 0 amide bonds. The Morgan fingerprint density at radius 2 is 2.07 bits per heavy atom. The van der Waals surface area contributed by atoms with Crippen LogP contribution in [0.1, 0.15) is 38.3 Å². The number of halogens is 1. The average Bonchev–Trinajstić information content (AvgIpc) is 3.14. The molecule has 0 unspecified atom stereocenters. The van der Waals surface area contributed by atoms with Crippen molar-refractivity contribution >= 4 is 31.6 Å². The molecule has 2 heterocycles. The minimum absolute atomic E-state index is 0.184. The van der Waals surface area contributed by atoms with Gasteiger partial charge in [0.1, 0.15) is 12.7 Å². The Balaban J connectivity index is 1.79. The number of nitriles is 1. The average molecular weight is 406 g/mol. The van der Waals surface area contributed by atoms with E-state index in [1.807, 2.05) is 13.0 Å². The summed E-state index contributed by atoms with van der Waals surface area (Å²) in [4.78, 5) is 6.91. The third-order valence-electron chi connectivity index (χ3n) is 6.06. The molecule has 0 spiro atoms. The van der Waals surface area contributed by atoms with E-state index in [4.69, 9.17) is 31.0 Å². The first kappa shape index (κ1) is 20.2. The number of benzene rings is 1. The van der Waals surface area contributed by atoms with Crippen LogP contribution in [0.2, 0.25) is 23.2 Å². The van der Waals surface area contributed by atoms with Gasteiger partial charge in [-0.2, -0.15) is 10.3 Å². The highest BCUT2D eigenvalue weighted by atomic mass is 35.5. The Hall–Kier alpha value is -1.55. The SMILES string of the molecule is Cc1c(N=C2OC[C@@H]3[C@@H](O[Si](C)(C)C(C)(C)C)CCN23)ccc(C#N)c1Cl. The minimum atomic E-state index is -1.82. The Bertz CT molecular complexity index is 811. The third kappa shape index (κ3) is 3.73. The fourth-order valence-electron chi connectivity index (χ4n) is 3.28. The highest BCUT2D eigenvalue weighted by Crippen LogP contribution is 2.40. The van der Waals surface area contributed by atoms with Crippen molar-refractivity contribution < 1.29 is 9.16 Å². The van der Waals surface area contributed by atoms with Crippen molar-refractivity contribution in [3.8, 4) is 6.07 Å². The molecule has 0 aliphatic carbocycles. The molecule has 2 saturated heterocycles. The van der Waals surface area contributed by atoms with Crippen molar-refractivity contribution in [2.24, 2.45) is 4.99 Å². The molecule has 2 aliphatic rings. The van der Waals surface area contributed by atoms with Gasteiger partial charge in [0.25, 0.3) is 6.02 Å². The zero-order valence-electron chi connectivity index (χ0n) is 17.0. The summed E-state index contributed by atoms with van der Waals surface area (Å²) in [7, 11) is -1.82. The van der Waals surface area contributed by atoms with Crippen molar-refractivity contribution in [3.63, 3.8) is 0 Å². The van der Waals surface area contributed by atoms with Gasteiger partial charge in [-0.15, -0.1) is 0 Å². The van der Waals surface area contributed by atoms with Crippen LogP contribution >= 0.6 is 11.6 Å². The molecular formula is C20H28ClN3O2Si. The quantitative estimate of drug-likeness (QED) is 0.663. The fraction of sp³-hybridized carbons (Fsp3) is 0.600. The van der Waals surface area contributed by atoms with Gasteiger partial charge in [-0.25, -0.2) is 0 Å². The smallest absolute Gasteiger partial charge is 0.293 e. The van der Waals surface area contributed by atoms with Gasteiger partial charge in [0.15, 0.2) is 8.32 Å². The van der Waals surface area contributed by atoms with Crippen LogP contribution in [-0.2, 0) is 9.16 Å². The maximum atomic E-state index is 9.11. The van der Waals surface area contributed by atoms with E-state index in [1.54, 1.807) is 6.07 Å². The van der Waals surface area contributed by atoms with Crippen LogP contribution < -0.4 is 0 Å². The number of fused-ring (bicyclic) bond motifs is 1. The second-order valence-electron chi connectivity index (χ2n) is 8.85. The predicted molar refractivity (Wildman–Crippen MR) is 111 cm³/mol. The third-order valence-corrected chi connectivity index (χ3v) is 11.1. The van der Waals surface area contributed by atoms with E-state index in [9.17, 15) is 0 Å². The largest absolute Gasteiger partial charge is 0.463 e. The maximum Gasteiger partial charge on any atom is 0.293 e. The second kappa shape index (κ2) is 7.12. The number of amidine groups is 1. The number of rotatable bonds is 3. The number of ether oxygens (including phenoxy) is 1. The molecular weight excluding hydrogens is 378 g/mol. The van der Waals surface area contributed by atoms with E-state index < -0.39 is 8.32 Å². The minimum Gasteiger partial charge on any atom is -0.463 e. The summed E-state index contributed by atoms with van der Waals surface area (Å²) in [6, 6.07) is 6.47. The molecule has 0 radical (unpaired) electrons. The van der Waals surface area contributed by atoms with Crippen LogP contribution in [0.3, 0.4) is 0 Å². The molecule has 2 aliphatic heterocycles. The summed E-state index contributed by atoms with van der Waals surface area (Å²) in [6.07, 6.45) is 1.18. The van der Waals surface area contributed by atoms with Crippen LogP contribution in [0.5, 0.6) is 0 Å². The standard InChI is InChI=1S/C20H28ClN3O2Si/c1-13-15(8-7-14(11-22)18(13)21)23-19-24-10-9-17(16(24)12-25-19)26-27(5,6)20(2,3)4/h7-8,16-17H,9-10,12H2,1-6H3/t16-,17+/m1/s1. The van der Waals surface area contributed by atoms with Gasteiger partial charge in [0, 0.05) is 6.54 Å². The summed E-state index contributed by atoms with van der Waals surface area (Å²) in [5, 5.41) is 9.75. The van der Waals surface area contributed by atoms with Crippen LogP contribution in [0.15, 0.2) is 17.1 Å². The normalized spacial score (nSPS) is 24.1. The topological polar surface area (TPSA) is 57.9 Å². The van der Waals surface area contributed by atoms with E-state index in [0.29, 0.717) is 23.2 Å². The van der Waals surface area contributed by atoms with E-state index in [-0.39, 0.29) is 17.2 Å². The summed E-state index contributed by atoms with van der Waals surface area (Å²) in [5.41, 5.74) is 2.00. The highest BCUT2D eigenvalue weighted by Gasteiger charge is 2.47. The molecule has 1 aromatic rings. The van der Waals surface area contributed by atoms with Crippen molar-refractivity contribution in [1.82, 2.24) is 4.90 Å². The summed E-state index contributed by atoms with van der Waals surface area (Å²) >= 11 is 6.27. The van der Waals surface area contributed by atoms with E-state index in [2.05, 4.69) is 44.8 Å². The molecule has 0 aromatic heterocycles. The summed E-state index contributed by atoms with van der Waals surface area (Å²) in [6.45, 7) is 14.7. The molecule has 0 saturated carbocycles. The van der Waals surface area contributed by atoms with Crippen LogP contribution in [-0.4, -0.2) is 44.5 Å². The van der Waals surface area contributed by atoms with Crippen LogP contribution in [0.4, 0.5) is 5.69 Å². The number of aliphatic imine (C=N–C) groups is 1. The number of nitrogens with zero attached hydrogens (tertiary/aromatic N) is 3.